The molecule has 0 heterocycles. The Kier molecular flexibility index (Phi) is 3.26. The minimum absolute atomic E-state index is 0.0142. The van der Waals surface area contributed by atoms with Gasteiger partial charge in [-0.3, -0.25) is 0 Å². The maximum atomic E-state index is 10.9. The zero-order valence-electron chi connectivity index (χ0n) is 8.15. The van der Waals surface area contributed by atoms with E-state index < -0.39 is 5.97 Å². The predicted molar refractivity (Wildman–Crippen MR) is 52.6 cm³/mol. The van der Waals surface area contributed by atoms with Gasteiger partial charge in [-0.25, -0.2) is 4.79 Å². The van der Waals surface area contributed by atoms with E-state index in [0.29, 0.717) is 5.56 Å². The Morgan fingerprint density at radius 2 is 2.33 bits per heavy atom. The van der Waals surface area contributed by atoms with Crippen LogP contribution < -0.4 is 10.5 Å². The van der Waals surface area contributed by atoms with Gasteiger partial charge in [-0.15, -0.1) is 0 Å². The van der Waals surface area contributed by atoms with Gasteiger partial charge < -0.3 is 15.6 Å². The van der Waals surface area contributed by atoms with Crippen LogP contribution in [0.25, 0.3) is 0 Å². The van der Waals surface area contributed by atoms with Crippen molar-refractivity contribution in [2.24, 2.45) is 5.73 Å². The lowest BCUT2D eigenvalue weighted by Crippen LogP contribution is -2.09. The Hall–Kier alpha value is -2.06. The smallest absolute Gasteiger partial charge is 0.336 e. The van der Waals surface area contributed by atoms with Crippen LogP contribution in [0.3, 0.4) is 0 Å². The van der Waals surface area contributed by atoms with E-state index in [2.05, 4.69) is 0 Å². The summed E-state index contributed by atoms with van der Waals surface area (Å²) in [6.07, 6.45) is 0. The van der Waals surface area contributed by atoms with Crippen LogP contribution in [0.1, 0.15) is 21.5 Å². The normalized spacial score (nSPS) is 9.40. The molecule has 0 atom stereocenters. The topological polar surface area (TPSA) is 96.3 Å². The summed E-state index contributed by atoms with van der Waals surface area (Å²) < 4.78 is 4.98. The molecule has 0 aliphatic carbocycles. The third kappa shape index (κ3) is 1.90. The number of hydrogen-bond acceptors (Lipinski definition) is 4. The average molecular weight is 206 g/mol. The van der Waals surface area contributed by atoms with E-state index in [1.807, 2.05) is 6.07 Å². The number of benzene rings is 1. The average Bonchev–Trinajstić information content (AvgIpc) is 2.26. The van der Waals surface area contributed by atoms with Crippen molar-refractivity contribution in [2.45, 2.75) is 6.54 Å². The molecule has 78 valence electrons. The van der Waals surface area contributed by atoms with Crippen LogP contribution in [0, 0.1) is 11.3 Å². The van der Waals surface area contributed by atoms with E-state index in [1.54, 1.807) is 0 Å². The molecule has 5 nitrogen and oxygen atoms in total. The Labute approximate surface area is 86.7 Å². The second kappa shape index (κ2) is 4.44. The molecule has 3 N–H and O–H groups in total. The zero-order chi connectivity index (χ0) is 11.4. The molecule has 5 heteroatoms. The van der Waals surface area contributed by atoms with Crippen LogP contribution in [0.2, 0.25) is 0 Å². The Morgan fingerprint density at radius 1 is 1.67 bits per heavy atom. The maximum Gasteiger partial charge on any atom is 0.336 e. The molecule has 0 amide bonds. The first-order chi connectivity index (χ1) is 7.15. The SMILES string of the molecule is COc1c(C#N)ccc(C(=O)O)c1CN. The third-order valence-electron chi connectivity index (χ3n) is 2.02. The Balaban J connectivity index is 3.49. The fourth-order valence-corrected chi connectivity index (χ4v) is 1.35. The molecule has 1 rings (SSSR count). The van der Waals surface area contributed by atoms with Crippen molar-refractivity contribution in [1.29, 1.82) is 5.26 Å². The monoisotopic (exact) mass is 206 g/mol. The van der Waals surface area contributed by atoms with Crippen LogP contribution in [0.5, 0.6) is 5.75 Å². The lowest BCUT2D eigenvalue weighted by molar-refractivity contribution is 0.0695. The predicted octanol–water partition coefficient (Wildman–Crippen LogP) is 0.724. The van der Waals surface area contributed by atoms with Crippen LogP contribution in [0.15, 0.2) is 12.1 Å². The molecular weight excluding hydrogens is 196 g/mol. The summed E-state index contributed by atoms with van der Waals surface area (Å²) in [6, 6.07) is 4.67. The minimum Gasteiger partial charge on any atom is -0.495 e. The molecule has 0 saturated carbocycles. The zero-order valence-corrected chi connectivity index (χ0v) is 8.15. The van der Waals surface area contributed by atoms with Crippen LogP contribution in [-0.4, -0.2) is 18.2 Å². The first kappa shape index (κ1) is 11.0. The lowest BCUT2D eigenvalue weighted by Gasteiger charge is -2.10. The molecule has 0 radical (unpaired) electrons. The summed E-state index contributed by atoms with van der Waals surface area (Å²) in [6.45, 7) is 0.0142. The summed E-state index contributed by atoms with van der Waals surface area (Å²) in [5.41, 5.74) is 6.12. The highest BCUT2D eigenvalue weighted by Crippen LogP contribution is 2.26. The molecule has 0 aliphatic heterocycles. The Bertz CT molecular complexity index is 435. The van der Waals surface area contributed by atoms with Gasteiger partial charge in [0.15, 0.2) is 0 Å². The molecule has 0 aliphatic rings. The standard InChI is InChI=1S/C10H10N2O3/c1-15-9-6(4-11)2-3-7(10(13)14)8(9)5-12/h2-3H,5,12H2,1H3,(H,13,14). The van der Waals surface area contributed by atoms with Gasteiger partial charge in [-0.05, 0) is 12.1 Å². The number of carboxylic acids is 1. The quantitative estimate of drug-likeness (QED) is 0.759. The molecule has 1 aromatic rings. The van der Waals surface area contributed by atoms with E-state index in [1.165, 1.54) is 19.2 Å². The number of nitrogens with zero attached hydrogens (tertiary/aromatic N) is 1. The van der Waals surface area contributed by atoms with Crippen LogP contribution in [-0.2, 0) is 6.54 Å². The van der Waals surface area contributed by atoms with Crippen molar-refractivity contribution in [2.75, 3.05) is 7.11 Å². The van der Waals surface area contributed by atoms with Crippen molar-refractivity contribution in [3.8, 4) is 11.8 Å². The van der Waals surface area contributed by atoms with Gasteiger partial charge in [0.2, 0.25) is 0 Å². The van der Waals surface area contributed by atoms with Crippen molar-refractivity contribution in [3.63, 3.8) is 0 Å². The third-order valence-corrected chi connectivity index (χ3v) is 2.02. The first-order valence-corrected chi connectivity index (χ1v) is 4.19. The summed E-state index contributed by atoms with van der Waals surface area (Å²) in [7, 11) is 1.38. The number of carbonyl (C=O) groups is 1. The minimum atomic E-state index is -1.08. The molecule has 1 aromatic carbocycles. The number of nitriles is 1. The first-order valence-electron chi connectivity index (χ1n) is 4.19. The van der Waals surface area contributed by atoms with Gasteiger partial charge in [0.05, 0.1) is 18.2 Å². The summed E-state index contributed by atoms with van der Waals surface area (Å²) in [5, 5.41) is 17.7. The number of nitrogens with two attached hydrogens (primary N) is 1. The van der Waals surface area contributed by atoms with Gasteiger partial charge in [0.25, 0.3) is 0 Å². The number of aromatic carboxylic acids is 1. The fraction of sp³-hybridized carbons (Fsp3) is 0.200. The van der Waals surface area contributed by atoms with E-state index in [9.17, 15) is 4.79 Å². The Morgan fingerprint density at radius 3 is 2.73 bits per heavy atom. The fourth-order valence-electron chi connectivity index (χ4n) is 1.35. The summed E-state index contributed by atoms with van der Waals surface area (Å²) in [5.74, 6) is -0.849. The lowest BCUT2D eigenvalue weighted by atomic mass is 10.0. The van der Waals surface area contributed by atoms with E-state index in [4.69, 9.17) is 20.8 Å². The number of ether oxygens (including phenoxy) is 1. The summed E-state index contributed by atoms with van der Waals surface area (Å²) >= 11 is 0. The van der Waals surface area contributed by atoms with E-state index >= 15 is 0 Å². The van der Waals surface area contributed by atoms with E-state index in [-0.39, 0.29) is 23.4 Å². The highest BCUT2D eigenvalue weighted by molar-refractivity contribution is 5.90. The molecule has 0 bridgehead atoms. The molecule has 0 spiro atoms. The van der Waals surface area contributed by atoms with Gasteiger partial charge >= 0.3 is 5.97 Å². The second-order valence-corrected chi connectivity index (χ2v) is 2.79. The van der Waals surface area contributed by atoms with Crippen molar-refractivity contribution < 1.29 is 14.6 Å². The van der Waals surface area contributed by atoms with Gasteiger partial charge in [0.1, 0.15) is 11.8 Å². The highest BCUT2D eigenvalue weighted by Gasteiger charge is 2.16. The molecule has 0 saturated heterocycles. The van der Waals surface area contributed by atoms with Crippen molar-refractivity contribution in [1.82, 2.24) is 0 Å². The molecular formula is C10H10N2O3. The second-order valence-electron chi connectivity index (χ2n) is 2.79. The van der Waals surface area contributed by atoms with Crippen LogP contribution in [0.4, 0.5) is 0 Å². The summed E-state index contributed by atoms with van der Waals surface area (Å²) in [4.78, 5) is 10.9. The van der Waals surface area contributed by atoms with Crippen molar-refractivity contribution in [3.05, 3.63) is 28.8 Å². The molecule has 0 unspecified atom stereocenters. The molecule has 0 aromatic heterocycles. The van der Waals surface area contributed by atoms with Crippen LogP contribution >= 0.6 is 0 Å². The van der Waals surface area contributed by atoms with Gasteiger partial charge in [-0.1, -0.05) is 0 Å². The number of hydrogen-bond donors (Lipinski definition) is 2. The molecule has 15 heavy (non-hydrogen) atoms. The van der Waals surface area contributed by atoms with Gasteiger partial charge in [0, 0.05) is 12.1 Å². The highest BCUT2D eigenvalue weighted by atomic mass is 16.5. The maximum absolute atomic E-state index is 10.9. The van der Waals surface area contributed by atoms with E-state index in [0.717, 1.165) is 0 Å². The van der Waals surface area contributed by atoms with Crippen molar-refractivity contribution >= 4 is 5.97 Å². The molecule has 0 fully saturated rings. The number of carboxylic acid groups (broad SMARTS) is 1. The largest absolute Gasteiger partial charge is 0.495 e. The van der Waals surface area contributed by atoms with Gasteiger partial charge in [-0.2, -0.15) is 5.26 Å². The number of methoxy groups -OCH3 is 1. The number of rotatable bonds is 3.